The van der Waals surface area contributed by atoms with Crippen LogP contribution < -0.4 is 11.1 Å². The molecule has 11 heteroatoms. The predicted molar refractivity (Wildman–Crippen MR) is 149 cm³/mol. The van der Waals surface area contributed by atoms with E-state index >= 15 is 0 Å². The molecule has 0 bridgehead atoms. The zero-order valence-corrected chi connectivity index (χ0v) is 23.1. The lowest BCUT2D eigenvalue weighted by Gasteiger charge is -2.30. The van der Waals surface area contributed by atoms with Crippen LogP contribution in [0.3, 0.4) is 0 Å². The number of carbonyl (C=O) groups excluding carboxylic acids is 2. The van der Waals surface area contributed by atoms with Crippen LogP contribution in [0.25, 0.3) is 11.0 Å². The van der Waals surface area contributed by atoms with Crippen molar-refractivity contribution in [2.45, 2.75) is 46.6 Å². The lowest BCUT2D eigenvalue weighted by Crippen LogP contribution is -2.39. The predicted octanol–water partition coefficient (Wildman–Crippen LogP) is 3.52. The van der Waals surface area contributed by atoms with Crippen LogP contribution in [0, 0.1) is 5.41 Å². The molecule has 40 heavy (non-hydrogen) atoms. The molecule has 0 radical (unpaired) electrons. The smallest absolute Gasteiger partial charge is 0.336 e. The van der Waals surface area contributed by atoms with Crippen molar-refractivity contribution >= 4 is 28.9 Å². The fourth-order valence-electron chi connectivity index (χ4n) is 5.03. The van der Waals surface area contributed by atoms with Crippen LogP contribution in [-0.2, 0) is 32.0 Å². The van der Waals surface area contributed by atoms with Gasteiger partial charge in [-0.05, 0) is 67.2 Å². The van der Waals surface area contributed by atoms with Gasteiger partial charge in [0.15, 0.2) is 5.96 Å². The highest BCUT2D eigenvalue weighted by molar-refractivity contribution is 6.01. The van der Waals surface area contributed by atoms with Crippen molar-refractivity contribution < 1.29 is 23.7 Å². The summed E-state index contributed by atoms with van der Waals surface area (Å²) < 4.78 is 15.4. The first-order chi connectivity index (χ1) is 19.3. The second kappa shape index (κ2) is 12.5. The molecule has 0 aliphatic carbocycles. The molecule has 0 unspecified atom stereocenters. The van der Waals surface area contributed by atoms with E-state index in [1.165, 1.54) is 11.1 Å². The van der Waals surface area contributed by atoms with Gasteiger partial charge in [0.25, 0.3) is 0 Å². The zero-order valence-electron chi connectivity index (χ0n) is 23.1. The monoisotopic (exact) mass is 546 g/mol. The van der Waals surface area contributed by atoms with Crippen molar-refractivity contribution in [1.82, 2.24) is 20.5 Å². The minimum absolute atomic E-state index is 0.175. The molecule has 4 N–H and O–H groups in total. The van der Waals surface area contributed by atoms with Crippen LogP contribution in [0.5, 0.6) is 0 Å². The first-order valence-corrected chi connectivity index (χ1v) is 13.2. The number of rotatable bonds is 5. The number of nitrogens with one attached hydrogen (secondary N) is 2. The number of carbonyl (C=O) groups is 2. The van der Waals surface area contributed by atoms with E-state index in [1.807, 2.05) is 11.0 Å². The standard InChI is InChI=1S/C19H21N3O5.C10H13N3/c1-5-25-18(23)14-10(3)20-11(4)15(19(24)26-6-2)16(14)12-8-7-9-13-17(12)22-27-21-13;11-10(12)13-6-5-8-3-1-2-4-9(8)7-13/h7-9,16,20H,5-6H2,1-4H3;1-4H,5-7H2,(H3,11,12). The van der Waals surface area contributed by atoms with Crippen molar-refractivity contribution in [2.75, 3.05) is 19.8 Å². The van der Waals surface area contributed by atoms with E-state index in [1.54, 1.807) is 45.9 Å². The van der Waals surface area contributed by atoms with Gasteiger partial charge in [-0.1, -0.05) is 36.4 Å². The van der Waals surface area contributed by atoms with E-state index in [0.717, 1.165) is 19.5 Å². The Morgan fingerprint density at radius 1 is 1.00 bits per heavy atom. The van der Waals surface area contributed by atoms with Crippen LogP contribution >= 0.6 is 0 Å². The number of hydrogen-bond acceptors (Lipinski definition) is 9. The van der Waals surface area contributed by atoms with E-state index in [-0.39, 0.29) is 19.2 Å². The highest BCUT2D eigenvalue weighted by Gasteiger charge is 2.39. The minimum Gasteiger partial charge on any atom is -0.463 e. The number of hydrogen-bond donors (Lipinski definition) is 3. The first kappa shape index (κ1) is 28.3. The van der Waals surface area contributed by atoms with Gasteiger partial charge >= 0.3 is 11.9 Å². The Morgan fingerprint density at radius 3 is 2.23 bits per heavy atom. The van der Waals surface area contributed by atoms with Gasteiger partial charge in [0.05, 0.1) is 30.3 Å². The number of guanidine groups is 1. The summed E-state index contributed by atoms with van der Waals surface area (Å²) in [6.45, 7) is 9.09. The van der Waals surface area contributed by atoms with Gasteiger partial charge in [-0.15, -0.1) is 0 Å². The van der Waals surface area contributed by atoms with Crippen LogP contribution in [0.2, 0.25) is 0 Å². The molecule has 11 nitrogen and oxygen atoms in total. The first-order valence-electron chi connectivity index (χ1n) is 13.2. The Balaban J connectivity index is 0.000000236. The molecular formula is C29H34N6O5. The largest absolute Gasteiger partial charge is 0.463 e. The topological polar surface area (TPSA) is 157 Å². The van der Waals surface area contributed by atoms with E-state index in [0.29, 0.717) is 39.1 Å². The molecule has 0 spiro atoms. The third-order valence-electron chi connectivity index (χ3n) is 6.85. The Bertz CT molecular complexity index is 1450. The summed E-state index contributed by atoms with van der Waals surface area (Å²) in [6.07, 6.45) is 0.996. The van der Waals surface area contributed by atoms with Gasteiger partial charge in [-0.2, -0.15) is 0 Å². The van der Waals surface area contributed by atoms with Crippen LogP contribution in [0.1, 0.15) is 50.3 Å². The minimum atomic E-state index is -0.708. The summed E-state index contributed by atoms with van der Waals surface area (Å²) in [5, 5.41) is 18.3. The molecule has 2 aliphatic rings. The second-order valence-corrected chi connectivity index (χ2v) is 9.38. The van der Waals surface area contributed by atoms with Crippen molar-refractivity contribution in [3.05, 3.63) is 81.7 Å². The molecule has 0 fully saturated rings. The SMILES string of the molecule is CCOC(=O)C1=C(C)NC(C)=C(C(=O)OCC)C1c1cccc2nonc12.N=C(N)N1CCc2ccccc2C1. The van der Waals surface area contributed by atoms with E-state index < -0.39 is 17.9 Å². The number of ether oxygens (including phenoxy) is 2. The molecule has 3 aromatic rings. The summed E-state index contributed by atoms with van der Waals surface area (Å²) in [5.74, 6) is -1.54. The van der Waals surface area contributed by atoms with Crippen molar-refractivity contribution in [2.24, 2.45) is 5.73 Å². The molecule has 3 heterocycles. The highest BCUT2D eigenvalue weighted by Crippen LogP contribution is 2.41. The Morgan fingerprint density at radius 2 is 1.62 bits per heavy atom. The number of nitrogens with two attached hydrogens (primary N) is 1. The van der Waals surface area contributed by atoms with E-state index in [9.17, 15) is 9.59 Å². The molecule has 210 valence electrons. The third kappa shape index (κ3) is 5.83. The van der Waals surface area contributed by atoms with Crippen LogP contribution in [-0.4, -0.2) is 52.9 Å². The molecule has 2 aromatic carbocycles. The number of nitrogens with zero attached hydrogens (tertiary/aromatic N) is 3. The van der Waals surface area contributed by atoms with E-state index in [2.05, 4.69) is 33.8 Å². The summed E-state index contributed by atoms with van der Waals surface area (Å²) in [6, 6.07) is 13.7. The molecule has 0 saturated heterocycles. The lowest BCUT2D eigenvalue weighted by atomic mass is 9.80. The highest BCUT2D eigenvalue weighted by atomic mass is 16.6. The van der Waals surface area contributed by atoms with Crippen molar-refractivity contribution in [1.29, 1.82) is 5.41 Å². The van der Waals surface area contributed by atoms with Gasteiger partial charge in [-0.25, -0.2) is 14.2 Å². The average molecular weight is 547 g/mol. The molecule has 5 rings (SSSR count). The van der Waals surface area contributed by atoms with Crippen molar-refractivity contribution in [3.8, 4) is 0 Å². The summed E-state index contributed by atoms with van der Waals surface area (Å²) in [7, 11) is 0. The molecule has 2 aliphatic heterocycles. The number of allylic oxidation sites excluding steroid dienone is 2. The third-order valence-corrected chi connectivity index (χ3v) is 6.85. The van der Waals surface area contributed by atoms with Gasteiger partial charge in [0.1, 0.15) is 11.0 Å². The van der Waals surface area contributed by atoms with E-state index in [4.69, 9.17) is 25.2 Å². The Hall–Kier alpha value is -4.67. The Labute approximate surface area is 232 Å². The lowest BCUT2D eigenvalue weighted by molar-refractivity contribution is -0.139. The van der Waals surface area contributed by atoms with Gasteiger partial charge in [-0.3, -0.25) is 5.41 Å². The number of esters is 2. The zero-order chi connectivity index (χ0) is 28.8. The summed E-state index contributed by atoms with van der Waals surface area (Å²) in [4.78, 5) is 27.4. The molecule has 0 saturated carbocycles. The maximum Gasteiger partial charge on any atom is 0.336 e. The number of aromatic nitrogens is 2. The molecular weight excluding hydrogens is 512 g/mol. The van der Waals surface area contributed by atoms with Gasteiger partial charge in [0, 0.05) is 24.5 Å². The summed E-state index contributed by atoms with van der Waals surface area (Å²) in [5.41, 5.74) is 11.6. The second-order valence-electron chi connectivity index (χ2n) is 9.38. The molecule has 0 amide bonds. The van der Waals surface area contributed by atoms with Gasteiger partial charge in [0.2, 0.25) is 0 Å². The van der Waals surface area contributed by atoms with Crippen LogP contribution in [0.4, 0.5) is 0 Å². The summed E-state index contributed by atoms with van der Waals surface area (Å²) >= 11 is 0. The molecule has 1 aromatic heterocycles. The number of fused-ring (bicyclic) bond motifs is 2. The maximum absolute atomic E-state index is 12.7. The average Bonchev–Trinajstić information content (AvgIpc) is 3.42. The number of benzene rings is 2. The fraction of sp³-hybridized carbons (Fsp3) is 0.345. The van der Waals surface area contributed by atoms with Crippen molar-refractivity contribution in [3.63, 3.8) is 0 Å². The van der Waals surface area contributed by atoms with Crippen LogP contribution in [0.15, 0.2) is 69.6 Å². The number of dihydropyridines is 1. The normalized spacial score (nSPS) is 15.2. The quantitative estimate of drug-likeness (QED) is 0.246. The Kier molecular flexibility index (Phi) is 8.83. The van der Waals surface area contributed by atoms with Gasteiger partial charge < -0.3 is 25.4 Å². The fourth-order valence-corrected chi connectivity index (χ4v) is 5.03. The molecule has 0 atom stereocenters. The maximum atomic E-state index is 12.7.